The van der Waals surface area contributed by atoms with Crippen LogP contribution in [-0.2, 0) is 11.2 Å². The average Bonchev–Trinajstić information content (AvgIpc) is 3.25. The molecule has 1 saturated heterocycles. The van der Waals surface area contributed by atoms with Crippen molar-refractivity contribution in [1.82, 2.24) is 9.80 Å². The zero-order valence-corrected chi connectivity index (χ0v) is 19.0. The Bertz CT molecular complexity index is 1160. The van der Waals surface area contributed by atoms with Gasteiger partial charge in [-0.1, -0.05) is 24.3 Å². The van der Waals surface area contributed by atoms with Crippen LogP contribution in [0.15, 0.2) is 65.0 Å². The van der Waals surface area contributed by atoms with Crippen molar-refractivity contribution in [3.8, 4) is 17.2 Å². The van der Waals surface area contributed by atoms with Crippen molar-refractivity contribution in [2.75, 3.05) is 26.7 Å². The number of methoxy groups -OCH3 is 1. The lowest BCUT2D eigenvalue weighted by Gasteiger charge is -2.41. The van der Waals surface area contributed by atoms with Crippen molar-refractivity contribution in [3.05, 3.63) is 70.4 Å². The van der Waals surface area contributed by atoms with Gasteiger partial charge in [0.1, 0.15) is 11.5 Å². The molecule has 1 unspecified atom stereocenters. The lowest BCUT2D eigenvalue weighted by Crippen LogP contribution is -2.55. The number of ether oxygens (including phenoxy) is 2. The molecular weight excluding hydrogens is 422 g/mol. The number of piperazine rings is 1. The summed E-state index contributed by atoms with van der Waals surface area (Å²) >= 11 is 1.63. The first kappa shape index (κ1) is 20.6. The standard InChI is InChI=1S/C25H25N3O3S/c1-17-16-27(12-13-28(17)23(29)15-18-7-6-14-32-18)25-19-8-5-11-22(30-2)24(19)31-21-10-4-3-9-20(21)26-25/h3-11,14,17H,12-13,15-16H2,1-2H3. The van der Waals surface area contributed by atoms with Crippen LogP contribution in [0.5, 0.6) is 17.2 Å². The number of rotatable bonds is 3. The fraction of sp³-hybridized carbons (Fsp3) is 0.280. The fourth-order valence-electron chi connectivity index (χ4n) is 4.30. The first-order valence-electron chi connectivity index (χ1n) is 10.7. The lowest BCUT2D eigenvalue weighted by atomic mass is 10.1. The Kier molecular flexibility index (Phi) is 5.57. The summed E-state index contributed by atoms with van der Waals surface area (Å²) in [7, 11) is 1.65. The Morgan fingerprint density at radius 1 is 1.16 bits per heavy atom. The second-order valence-electron chi connectivity index (χ2n) is 7.98. The van der Waals surface area contributed by atoms with Crippen LogP contribution in [0.3, 0.4) is 0 Å². The third-order valence-electron chi connectivity index (χ3n) is 5.90. The molecule has 1 atom stereocenters. The maximum atomic E-state index is 12.9. The number of aliphatic imine (C=N–C) groups is 1. The Hall–Kier alpha value is -3.32. The number of carbonyl (C=O) groups is 1. The SMILES string of the molecule is COc1cccc2c1Oc1ccccc1N=C2N1CCN(C(=O)Cc2cccs2)C(C)C1. The van der Waals surface area contributed by atoms with E-state index in [1.807, 2.05) is 64.9 Å². The molecule has 2 aliphatic heterocycles. The molecule has 6 nitrogen and oxygen atoms in total. The Morgan fingerprint density at radius 2 is 2.03 bits per heavy atom. The minimum Gasteiger partial charge on any atom is -0.493 e. The van der Waals surface area contributed by atoms with Gasteiger partial charge < -0.3 is 19.3 Å². The first-order chi connectivity index (χ1) is 15.6. The summed E-state index contributed by atoms with van der Waals surface area (Å²) in [6, 6.07) is 17.7. The van der Waals surface area contributed by atoms with Gasteiger partial charge in [-0.3, -0.25) is 4.79 Å². The molecule has 2 aliphatic rings. The minimum atomic E-state index is 0.0763. The van der Waals surface area contributed by atoms with Crippen molar-refractivity contribution in [1.29, 1.82) is 0 Å². The van der Waals surface area contributed by atoms with E-state index >= 15 is 0 Å². The molecule has 2 aromatic carbocycles. The number of benzene rings is 2. The van der Waals surface area contributed by atoms with Gasteiger partial charge in [-0.05, 0) is 42.6 Å². The van der Waals surface area contributed by atoms with E-state index in [0.717, 1.165) is 22.0 Å². The summed E-state index contributed by atoms with van der Waals surface area (Å²) in [5, 5.41) is 2.01. The Morgan fingerprint density at radius 3 is 2.81 bits per heavy atom. The van der Waals surface area contributed by atoms with E-state index in [4.69, 9.17) is 14.5 Å². The maximum absolute atomic E-state index is 12.9. The second kappa shape index (κ2) is 8.67. The smallest absolute Gasteiger partial charge is 0.228 e. The first-order valence-corrected chi connectivity index (χ1v) is 11.6. The van der Waals surface area contributed by atoms with Gasteiger partial charge in [0.2, 0.25) is 5.91 Å². The lowest BCUT2D eigenvalue weighted by molar-refractivity contribution is -0.134. The summed E-state index contributed by atoms with van der Waals surface area (Å²) in [5.41, 5.74) is 1.68. The van der Waals surface area contributed by atoms with Gasteiger partial charge >= 0.3 is 0 Å². The van der Waals surface area contributed by atoms with Crippen LogP contribution in [0.2, 0.25) is 0 Å². The number of hydrogen-bond acceptors (Lipinski definition) is 6. The van der Waals surface area contributed by atoms with Gasteiger partial charge in [-0.25, -0.2) is 4.99 Å². The molecule has 0 N–H and O–H groups in total. The molecule has 32 heavy (non-hydrogen) atoms. The zero-order chi connectivity index (χ0) is 22.1. The average molecular weight is 448 g/mol. The Labute approximate surface area is 191 Å². The predicted molar refractivity (Wildman–Crippen MR) is 126 cm³/mol. The predicted octanol–water partition coefficient (Wildman–Crippen LogP) is 4.72. The van der Waals surface area contributed by atoms with Gasteiger partial charge in [0, 0.05) is 30.6 Å². The fourth-order valence-corrected chi connectivity index (χ4v) is 5.00. The molecule has 5 rings (SSSR count). The Balaban J connectivity index is 1.44. The summed E-state index contributed by atoms with van der Waals surface area (Å²) in [4.78, 5) is 23.3. The summed E-state index contributed by atoms with van der Waals surface area (Å²) < 4.78 is 11.8. The molecule has 164 valence electrons. The van der Waals surface area contributed by atoms with E-state index in [1.54, 1.807) is 18.4 Å². The number of fused-ring (bicyclic) bond motifs is 2. The third-order valence-corrected chi connectivity index (χ3v) is 6.77. The molecule has 0 saturated carbocycles. The van der Waals surface area contributed by atoms with Crippen LogP contribution in [0.4, 0.5) is 5.69 Å². The largest absolute Gasteiger partial charge is 0.493 e. The van der Waals surface area contributed by atoms with Gasteiger partial charge in [0.15, 0.2) is 17.2 Å². The zero-order valence-electron chi connectivity index (χ0n) is 18.2. The highest BCUT2D eigenvalue weighted by molar-refractivity contribution is 7.10. The van der Waals surface area contributed by atoms with E-state index in [-0.39, 0.29) is 11.9 Å². The van der Waals surface area contributed by atoms with E-state index in [1.165, 1.54) is 0 Å². The summed E-state index contributed by atoms with van der Waals surface area (Å²) in [5.74, 6) is 3.07. The van der Waals surface area contributed by atoms with Gasteiger partial charge in [0.05, 0.1) is 19.1 Å². The number of para-hydroxylation sites is 3. The monoisotopic (exact) mass is 447 g/mol. The minimum absolute atomic E-state index is 0.0763. The quantitative estimate of drug-likeness (QED) is 0.583. The van der Waals surface area contributed by atoms with Crippen molar-refractivity contribution in [2.45, 2.75) is 19.4 Å². The number of carbonyl (C=O) groups excluding carboxylic acids is 1. The molecule has 1 aromatic heterocycles. The summed E-state index contributed by atoms with van der Waals surface area (Å²) in [6.07, 6.45) is 0.463. The van der Waals surface area contributed by atoms with Crippen LogP contribution in [0, 0.1) is 0 Å². The van der Waals surface area contributed by atoms with Crippen molar-refractivity contribution >= 4 is 28.8 Å². The van der Waals surface area contributed by atoms with E-state index < -0.39 is 0 Å². The highest BCUT2D eigenvalue weighted by Gasteiger charge is 2.32. The van der Waals surface area contributed by atoms with E-state index in [0.29, 0.717) is 43.3 Å². The summed E-state index contributed by atoms with van der Waals surface area (Å²) in [6.45, 7) is 4.17. The maximum Gasteiger partial charge on any atom is 0.228 e. The highest BCUT2D eigenvalue weighted by Crippen LogP contribution is 2.42. The van der Waals surface area contributed by atoms with Gasteiger partial charge in [-0.2, -0.15) is 0 Å². The molecular formula is C25H25N3O3S. The van der Waals surface area contributed by atoms with Crippen molar-refractivity contribution < 1.29 is 14.3 Å². The molecule has 0 bridgehead atoms. The van der Waals surface area contributed by atoms with Crippen LogP contribution in [0.1, 0.15) is 17.4 Å². The number of amidine groups is 1. The van der Waals surface area contributed by atoms with Crippen LogP contribution in [-0.4, -0.2) is 54.3 Å². The van der Waals surface area contributed by atoms with Gasteiger partial charge in [-0.15, -0.1) is 11.3 Å². The molecule has 0 spiro atoms. The normalized spacial score (nSPS) is 17.6. The van der Waals surface area contributed by atoms with E-state index in [2.05, 4.69) is 11.8 Å². The van der Waals surface area contributed by atoms with Crippen molar-refractivity contribution in [2.24, 2.45) is 4.99 Å². The molecule has 0 aliphatic carbocycles. The number of thiophene rings is 1. The van der Waals surface area contributed by atoms with Crippen molar-refractivity contribution in [3.63, 3.8) is 0 Å². The van der Waals surface area contributed by atoms with E-state index in [9.17, 15) is 4.79 Å². The molecule has 3 aromatic rings. The van der Waals surface area contributed by atoms with Gasteiger partial charge in [0.25, 0.3) is 0 Å². The molecule has 1 amide bonds. The molecule has 7 heteroatoms. The number of amides is 1. The highest BCUT2D eigenvalue weighted by atomic mass is 32.1. The third kappa shape index (κ3) is 3.84. The second-order valence-corrected chi connectivity index (χ2v) is 9.01. The number of nitrogens with zero attached hydrogens (tertiary/aromatic N) is 3. The van der Waals surface area contributed by atoms with Crippen LogP contribution < -0.4 is 9.47 Å². The molecule has 1 fully saturated rings. The topological polar surface area (TPSA) is 54.4 Å². The number of hydrogen-bond donors (Lipinski definition) is 0. The molecule has 0 radical (unpaired) electrons. The van der Waals surface area contributed by atoms with Crippen LogP contribution >= 0.6 is 11.3 Å². The van der Waals surface area contributed by atoms with Crippen LogP contribution in [0.25, 0.3) is 0 Å². The molecule has 3 heterocycles.